The maximum absolute atomic E-state index is 11.3. The van der Waals surface area contributed by atoms with Crippen molar-refractivity contribution in [3.63, 3.8) is 0 Å². The van der Waals surface area contributed by atoms with Gasteiger partial charge in [0.15, 0.2) is 0 Å². The third kappa shape index (κ3) is 3.35. The summed E-state index contributed by atoms with van der Waals surface area (Å²) in [5.41, 5.74) is 1.35. The Balaban J connectivity index is 2.39. The molecule has 0 aliphatic heterocycles. The zero-order chi connectivity index (χ0) is 13.3. The Morgan fingerprint density at radius 1 is 1.39 bits per heavy atom. The van der Waals surface area contributed by atoms with Crippen molar-refractivity contribution in [2.24, 2.45) is 0 Å². The van der Waals surface area contributed by atoms with Crippen LogP contribution in [0.15, 0.2) is 12.4 Å². The largest absolute Gasteiger partial charge is 0.488 e. The SMILES string of the molecule is CC(C)c1cncc(NS(C)(=O)=O)c1OC1CC1. The molecule has 1 heterocycles. The fourth-order valence-corrected chi connectivity index (χ4v) is 2.18. The van der Waals surface area contributed by atoms with Crippen LogP contribution in [0, 0.1) is 0 Å². The van der Waals surface area contributed by atoms with Crippen molar-refractivity contribution in [1.82, 2.24) is 4.98 Å². The first-order valence-electron chi connectivity index (χ1n) is 5.99. The summed E-state index contributed by atoms with van der Waals surface area (Å²) in [5.74, 6) is 0.848. The van der Waals surface area contributed by atoms with Crippen molar-refractivity contribution >= 4 is 15.7 Å². The third-order valence-electron chi connectivity index (χ3n) is 2.65. The van der Waals surface area contributed by atoms with E-state index in [9.17, 15) is 8.42 Å². The average Bonchev–Trinajstić information content (AvgIpc) is 3.01. The van der Waals surface area contributed by atoms with E-state index in [0.717, 1.165) is 24.7 Å². The van der Waals surface area contributed by atoms with E-state index in [1.54, 1.807) is 6.20 Å². The molecule has 100 valence electrons. The third-order valence-corrected chi connectivity index (χ3v) is 3.24. The Morgan fingerprint density at radius 3 is 2.56 bits per heavy atom. The molecule has 1 aliphatic carbocycles. The molecule has 0 unspecified atom stereocenters. The summed E-state index contributed by atoms with van der Waals surface area (Å²) in [5, 5.41) is 0. The first-order valence-corrected chi connectivity index (χ1v) is 7.88. The molecule has 1 aliphatic rings. The molecule has 0 spiro atoms. The minimum atomic E-state index is -3.33. The van der Waals surface area contributed by atoms with Gasteiger partial charge in [-0.1, -0.05) is 13.8 Å². The van der Waals surface area contributed by atoms with E-state index in [0.29, 0.717) is 11.4 Å². The summed E-state index contributed by atoms with van der Waals surface area (Å²) in [6, 6.07) is 0. The Kier molecular flexibility index (Phi) is 3.47. The van der Waals surface area contributed by atoms with Gasteiger partial charge in [-0.05, 0) is 18.8 Å². The normalized spacial score (nSPS) is 15.8. The van der Waals surface area contributed by atoms with Crippen LogP contribution >= 0.6 is 0 Å². The number of anilines is 1. The van der Waals surface area contributed by atoms with E-state index in [-0.39, 0.29) is 12.0 Å². The van der Waals surface area contributed by atoms with Crippen molar-refractivity contribution in [3.8, 4) is 5.75 Å². The van der Waals surface area contributed by atoms with Crippen molar-refractivity contribution in [1.29, 1.82) is 0 Å². The fraction of sp³-hybridized carbons (Fsp3) is 0.583. The minimum absolute atomic E-state index is 0.213. The van der Waals surface area contributed by atoms with Gasteiger partial charge in [0.25, 0.3) is 0 Å². The highest BCUT2D eigenvalue weighted by Gasteiger charge is 2.27. The van der Waals surface area contributed by atoms with Gasteiger partial charge in [-0.15, -0.1) is 0 Å². The van der Waals surface area contributed by atoms with Crippen LogP contribution < -0.4 is 9.46 Å². The second kappa shape index (κ2) is 4.76. The number of rotatable bonds is 5. The molecule has 1 saturated carbocycles. The van der Waals surface area contributed by atoms with Crippen LogP contribution in [0.2, 0.25) is 0 Å². The van der Waals surface area contributed by atoms with Gasteiger partial charge in [-0.25, -0.2) is 8.42 Å². The molecule has 0 atom stereocenters. The van der Waals surface area contributed by atoms with Gasteiger partial charge in [-0.2, -0.15) is 0 Å². The molecule has 0 radical (unpaired) electrons. The molecular formula is C12H18N2O3S. The molecule has 1 N–H and O–H groups in total. The highest BCUT2D eigenvalue weighted by atomic mass is 32.2. The molecule has 1 fully saturated rings. The van der Waals surface area contributed by atoms with E-state index in [2.05, 4.69) is 9.71 Å². The smallest absolute Gasteiger partial charge is 0.229 e. The molecule has 0 aromatic carbocycles. The highest BCUT2D eigenvalue weighted by molar-refractivity contribution is 7.92. The van der Waals surface area contributed by atoms with Gasteiger partial charge in [0.1, 0.15) is 11.4 Å². The molecule has 2 rings (SSSR count). The zero-order valence-electron chi connectivity index (χ0n) is 10.8. The van der Waals surface area contributed by atoms with E-state index < -0.39 is 10.0 Å². The minimum Gasteiger partial charge on any atom is -0.488 e. The first-order chi connectivity index (χ1) is 8.37. The van der Waals surface area contributed by atoms with Gasteiger partial charge in [-0.3, -0.25) is 9.71 Å². The summed E-state index contributed by atoms with van der Waals surface area (Å²) in [6.45, 7) is 4.06. The second-order valence-electron chi connectivity index (χ2n) is 4.95. The molecular weight excluding hydrogens is 252 g/mol. The number of nitrogens with one attached hydrogen (secondary N) is 1. The predicted octanol–water partition coefficient (Wildman–Crippen LogP) is 2.12. The van der Waals surface area contributed by atoms with Gasteiger partial charge in [0, 0.05) is 11.8 Å². The topological polar surface area (TPSA) is 68.3 Å². The quantitative estimate of drug-likeness (QED) is 0.889. The molecule has 1 aromatic heterocycles. The number of ether oxygens (including phenoxy) is 1. The van der Waals surface area contributed by atoms with Crippen LogP contribution in [-0.4, -0.2) is 25.8 Å². The number of aromatic nitrogens is 1. The lowest BCUT2D eigenvalue weighted by atomic mass is 10.0. The summed E-state index contributed by atoms with van der Waals surface area (Å²) in [6.07, 6.45) is 6.61. The lowest BCUT2D eigenvalue weighted by Gasteiger charge is -2.17. The zero-order valence-corrected chi connectivity index (χ0v) is 11.6. The molecule has 0 saturated heterocycles. The predicted molar refractivity (Wildman–Crippen MR) is 70.4 cm³/mol. The Hall–Kier alpha value is -1.30. The second-order valence-corrected chi connectivity index (χ2v) is 6.70. The van der Waals surface area contributed by atoms with Crippen LogP contribution in [0.25, 0.3) is 0 Å². The molecule has 6 heteroatoms. The number of sulfonamides is 1. The van der Waals surface area contributed by atoms with Gasteiger partial charge >= 0.3 is 0 Å². The number of hydrogen-bond acceptors (Lipinski definition) is 4. The summed E-state index contributed by atoms with van der Waals surface area (Å²) >= 11 is 0. The number of nitrogens with zero attached hydrogens (tertiary/aromatic N) is 1. The standard InChI is InChI=1S/C12H18N2O3S/c1-8(2)10-6-13-7-11(14-18(3,15)16)12(10)17-9-4-5-9/h6-9,14H,4-5H2,1-3H3. The summed E-state index contributed by atoms with van der Waals surface area (Å²) in [7, 11) is -3.33. The molecule has 1 aromatic rings. The fourth-order valence-electron chi connectivity index (χ4n) is 1.63. The first kappa shape index (κ1) is 13.1. The summed E-state index contributed by atoms with van der Waals surface area (Å²) < 4.78 is 31.0. The van der Waals surface area contributed by atoms with Gasteiger partial charge in [0.05, 0.1) is 18.6 Å². The number of hydrogen-bond donors (Lipinski definition) is 1. The van der Waals surface area contributed by atoms with Crippen molar-refractivity contribution < 1.29 is 13.2 Å². The van der Waals surface area contributed by atoms with E-state index in [4.69, 9.17) is 4.74 Å². The molecule has 5 nitrogen and oxygen atoms in total. The summed E-state index contributed by atoms with van der Waals surface area (Å²) in [4.78, 5) is 4.07. The van der Waals surface area contributed by atoms with Crippen LogP contribution in [-0.2, 0) is 10.0 Å². The van der Waals surface area contributed by atoms with Crippen molar-refractivity contribution in [2.45, 2.75) is 38.7 Å². The number of pyridine rings is 1. The van der Waals surface area contributed by atoms with Crippen molar-refractivity contribution in [3.05, 3.63) is 18.0 Å². The molecule has 18 heavy (non-hydrogen) atoms. The Bertz CT molecular complexity index is 536. The van der Waals surface area contributed by atoms with E-state index in [1.807, 2.05) is 13.8 Å². The van der Waals surface area contributed by atoms with Crippen molar-refractivity contribution in [2.75, 3.05) is 11.0 Å². The van der Waals surface area contributed by atoms with Gasteiger partial charge in [0.2, 0.25) is 10.0 Å². The average molecular weight is 270 g/mol. The van der Waals surface area contributed by atoms with Gasteiger partial charge < -0.3 is 4.74 Å². The molecule has 0 bridgehead atoms. The monoisotopic (exact) mass is 270 g/mol. The molecule has 0 amide bonds. The van der Waals surface area contributed by atoms with E-state index >= 15 is 0 Å². The maximum Gasteiger partial charge on any atom is 0.229 e. The lowest BCUT2D eigenvalue weighted by molar-refractivity contribution is 0.300. The van der Waals surface area contributed by atoms with Crippen LogP contribution in [0.4, 0.5) is 5.69 Å². The maximum atomic E-state index is 11.3. The van der Waals surface area contributed by atoms with Crippen LogP contribution in [0.5, 0.6) is 5.75 Å². The van der Waals surface area contributed by atoms with E-state index in [1.165, 1.54) is 6.20 Å². The Labute approximate surface area is 108 Å². The van der Waals surface area contributed by atoms with Crippen LogP contribution in [0.3, 0.4) is 0 Å². The Morgan fingerprint density at radius 2 is 2.06 bits per heavy atom. The lowest BCUT2D eigenvalue weighted by Crippen LogP contribution is -2.13. The highest BCUT2D eigenvalue weighted by Crippen LogP contribution is 2.37. The van der Waals surface area contributed by atoms with Crippen LogP contribution in [0.1, 0.15) is 38.2 Å².